The van der Waals surface area contributed by atoms with Crippen LogP contribution in [0, 0.1) is 5.41 Å². The molecule has 0 radical (unpaired) electrons. The Labute approximate surface area is 128 Å². The van der Waals surface area contributed by atoms with Gasteiger partial charge in [0.2, 0.25) is 5.91 Å². The Hall–Kier alpha value is -1.69. The molecule has 2 heterocycles. The van der Waals surface area contributed by atoms with E-state index in [-0.39, 0.29) is 22.5 Å². The minimum Gasteiger partial charge on any atom is -0.369 e. The number of primary amides is 1. The quantitative estimate of drug-likeness (QED) is 0.918. The Bertz CT molecular complexity index is 590. The molecule has 1 aliphatic heterocycles. The van der Waals surface area contributed by atoms with Crippen molar-refractivity contribution in [1.82, 2.24) is 14.9 Å². The normalized spacial score (nSPS) is 21.9. The number of nitrogens with zero attached hydrogens (tertiary/aromatic N) is 3. The Morgan fingerprint density at radius 1 is 1.48 bits per heavy atom. The predicted octanol–water partition coefficient (Wildman–Crippen LogP) is 1.59. The molecular formula is C14H19ClN4O2. The Morgan fingerprint density at radius 3 is 2.67 bits per heavy atom. The fraction of sp³-hybridized carbons (Fsp3) is 0.571. The topological polar surface area (TPSA) is 89.2 Å². The van der Waals surface area contributed by atoms with E-state index in [1.54, 1.807) is 11.8 Å². The number of carbonyl (C=O) groups is 2. The third-order valence-electron chi connectivity index (χ3n) is 3.84. The highest BCUT2D eigenvalue weighted by Gasteiger charge is 2.41. The van der Waals surface area contributed by atoms with Crippen LogP contribution in [-0.4, -0.2) is 39.8 Å². The van der Waals surface area contributed by atoms with Crippen molar-refractivity contribution in [1.29, 1.82) is 0 Å². The number of halogens is 1. The highest BCUT2D eigenvalue weighted by Crippen LogP contribution is 2.31. The predicted molar refractivity (Wildman–Crippen MR) is 79.0 cm³/mol. The third kappa shape index (κ3) is 3.00. The standard InChI is InChI=1S/C14H19ClN4O2/c1-8(2)11-17-6-9(15)10(18-11)12(20)19-5-4-14(3,7-19)13(16)21/h6,8H,4-5,7H2,1-3H3,(H2,16,21). The molecule has 0 aromatic carbocycles. The maximum absolute atomic E-state index is 12.6. The molecule has 1 saturated heterocycles. The number of likely N-dealkylation sites (tertiary alicyclic amines) is 1. The summed E-state index contributed by atoms with van der Waals surface area (Å²) in [4.78, 5) is 34.0. The van der Waals surface area contributed by atoms with Gasteiger partial charge in [-0.15, -0.1) is 0 Å². The zero-order valence-corrected chi connectivity index (χ0v) is 13.1. The van der Waals surface area contributed by atoms with E-state index in [2.05, 4.69) is 9.97 Å². The monoisotopic (exact) mass is 310 g/mol. The molecule has 21 heavy (non-hydrogen) atoms. The minimum absolute atomic E-state index is 0.100. The lowest BCUT2D eigenvalue weighted by atomic mass is 9.89. The number of hydrogen-bond acceptors (Lipinski definition) is 4. The second-order valence-corrected chi connectivity index (χ2v) is 6.39. The molecule has 1 aliphatic rings. The fourth-order valence-electron chi connectivity index (χ4n) is 2.29. The molecule has 6 nitrogen and oxygen atoms in total. The molecule has 0 bridgehead atoms. The average molecular weight is 311 g/mol. The number of rotatable bonds is 3. The van der Waals surface area contributed by atoms with Gasteiger partial charge in [0.05, 0.1) is 16.6 Å². The summed E-state index contributed by atoms with van der Waals surface area (Å²) in [5, 5.41) is 0.220. The second kappa shape index (κ2) is 5.60. The number of amides is 2. The Balaban J connectivity index is 2.26. The van der Waals surface area contributed by atoms with Crippen molar-refractivity contribution in [3.8, 4) is 0 Å². The van der Waals surface area contributed by atoms with E-state index in [0.717, 1.165) is 0 Å². The molecule has 1 fully saturated rings. The van der Waals surface area contributed by atoms with E-state index in [0.29, 0.717) is 25.3 Å². The molecule has 1 unspecified atom stereocenters. The van der Waals surface area contributed by atoms with Crippen molar-refractivity contribution in [2.45, 2.75) is 33.1 Å². The van der Waals surface area contributed by atoms with E-state index in [1.807, 2.05) is 13.8 Å². The summed E-state index contributed by atoms with van der Waals surface area (Å²) >= 11 is 6.04. The van der Waals surface area contributed by atoms with Gasteiger partial charge in [0, 0.05) is 19.0 Å². The molecule has 2 amide bonds. The van der Waals surface area contributed by atoms with Gasteiger partial charge < -0.3 is 10.6 Å². The molecule has 0 aliphatic carbocycles. The summed E-state index contributed by atoms with van der Waals surface area (Å²) in [6.45, 7) is 6.41. The fourth-order valence-corrected chi connectivity index (χ4v) is 2.47. The SMILES string of the molecule is CC(C)c1ncc(Cl)c(C(=O)N2CCC(C)(C(N)=O)C2)n1. The van der Waals surface area contributed by atoms with E-state index < -0.39 is 11.3 Å². The first-order valence-corrected chi connectivity index (χ1v) is 7.24. The van der Waals surface area contributed by atoms with Crippen LogP contribution in [0.3, 0.4) is 0 Å². The van der Waals surface area contributed by atoms with Crippen LogP contribution in [0.2, 0.25) is 5.02 Å². The maximum Gasteiger partial charge on any atom is 0.274 e. The number of nitrogens with two attached hydrogens (primary N) is 1. The lowest BCUT2D eigenvalue weighted by molar-refractivity contribution is -0.126. The van der Waals surface area contributed by atoms with Gasteiger partial charge in [-0.25, -0.2) is 9.97 Å². The van der Waals surface area contributed by atoms with Gasteiger partial charge in [-0.3, -0.25) is 9.59 Å². The summed E-state index contributed by atoms with van der Waals surface area (Å²) < 4.78 is 0. The lowest BCUT2D eigenvalue weighted by Gasteiger charge is -2.21. The van der Waals surface area contributed by atoms with Crippen LogP contribution in [-0.2, 0) is 4.79 Å². The highest BCUT2D eigenvalue weighted by atomic mass is 35.5. The smallest absolute Gasteiger partial charge is 0.274 e. The summed E-state index contributed by atoms with van der Waals surface area (Å²) in [7, 11) is 0. The molecule has 1 aromatic rings. The Kier molecular flexibility index (Phi) is 4.18. The van der Waals surface area contributed by atoms with E-state index in [9.17, 15) is 9.59 Å². The van der Waals surface area contributed by atoms with Crippen molar-refractivity contribution in [3.05, 3.63) is 22.7 Å². The van der Waals surface area contributed by atoms with Crippen LogP contribution in [0.15, 0.2) is 6.20 Å². The first-order chi connectivity index (χ1) is 9.74. The molecule has 0 spiro atoms. The maximum atomic E-state index is 12.6. The first-order valence-electron chi connectivity index (χ1n) is 6.86. The van der Waals surface area contributed by atoms with Gasteiger partial charge in [0.15, 0.2) is 5.69 Å². The van der Waals surface area contributed by atoms with Crippen LogP contribution in [0.5, 0.6) is 0 Å². The second-order valence-electron chi connectivity index (χ2n) is 5.98. The summed E-state index contributed by atoms with van der Waals surface area (Å²) in [5.41, 5.74) is 4.90. The van der Waals surface area contributed by atoms with Crippen molar-refractivity contribution >= 4 is 23.4 Å². The van der Waals surface area contributed by atoms with E-state index in [1.165, 1.54) is 6.20 Å². The van der Waals surface area contributed by atoms with Gasteiger partial charge in [0.25, 0.3) is 5.91 Å². The van der Waals surface area contributed by atoms with Crippen molar-refractivity contribution in [2.75, 3.05) is 13.1 Å². The molecule has 114 valence electrons. The third-order valence-corrected chi connectivity index (χ3v) is 4.11. The minimum atomic E-state index is -0.684. The number of hydrogen-bond donors (Lipinski definition) is 1. The van der Waals surface area contributed by atoms with Crippen LogP contribution < -0.4 is 5.73 Å². The van der Waals surface area contributed by atoms with Gasteiger partial charge >= 0.3 is 0 Å². The average Bonchev–Trinajstić information content (AvgIpc) is 2.82. The van der Waals surface area contributed by atoms with Crippen molar-refractivity contribution < 1.29 is 9.59 Å². The molecule has 1 atom stereocenters. The lowest BCUT2D eigenvalue weighted by Crippen LogP contribution is -2.39. The highest BCUT2D eigenvalue weighted by molar-refractivity contribution is 6.33. The van der Waals surface area contributed by atoms with Crippen LogP contribution in [0.1, 0.15) is 49.4 Å². The van der Waals surface area contributed by atoms with Crippen molar-refractivity contribution in [2.24, 2.45) is 11.1 Å². The van der Waals surface area contributed by atoms with Gasteiger partial charge in [0.1, 0.15) is 5.82 Å². The zero-order chi connectivity index (χ0) is 15.8. The van der Waals surface area contributed by atoms with Crippen molar-refractivity contribution in [3.63, 3.8) is 0 Å². The van der Waals surface area contributed by atoms with Gasteiger partial charge in [-0.2, -0.15) is 0 Å². The zero-order valence-electron chi connectivity index (χ0n) is 12.4. The van der Waals surface area contributed by atoms with E-state index >= 15 is 0 Å². The first kappa shape index (κ1) is 15.7. The molecular weight excluding hydrogens is 292 g/mol. The molecule has 1 aromatic heterocycles. The summed E-state index contributed by atoms with van der Waals surface area (Å²) in [6, 6.07) is 0. The number of carbonyl (C=O) groups excluding carboxylic acids is 2. The number of aromatic nitrogens is 2. The Morgan fingerprint density at radius 2 is 2.14 bits per heavy atom. The van der Waals surface area contributed by atoms with Crippen LogP contribution in [0.4, 0.5) is 0 Å². The summed E-state index contributed by atoms with van der Waals surface area (Å²) in [5.74, 6) is -0.00776. The van der Waals surface area contributed by atoms with Gasteiger partial charge in [-0.05, 0) is 13.3 Å². The molecule has 2 rings (SSSR count). The molecule has 0 saturated carbocycles. The summed E-state index contributed by atoms with van der Waals surface area (Å²) in [6.07, 6.45) is 1.99. The molecule has 7 heteroatoms. The van der Waals surface area contributed by atoms with Crippen LogP contribution >= 0.6 is 11.6 Å². The van der Waals surface area contributed by atoms with E-state index in [4.69, 9.17) is 17.3 Å². The van der Waals surface area contributed by atoms with Crippen LogP contribution in [0.25, 0.3) is 0 Å². The van der Waals surface area contributed by atoms with Gasteiger partial charge in [-0.1, -0.05) is 25.4 Å². The molecule has 2 N–H and O–H groups in total. The largest absolute Gasteiger partial charge is 0.369 e.